The van der Waals surface area contributed by atoms with E-state index >= 15 is 0 Å². The maximum absolute atomic E-state index is 5.75. The molecular formula is C14H21N3O. The minimum atomic E-state index is 0.0693. The Labute approximate surface area is 108 Å². The van der Waals surface area contributed by atoms with Gasteiger partial charge in [-0.15, -0.1) is 0 Å². The lowest BCUT2D eigenvalue weighted by Crippen LogP contribution is -2.19. The molecule has 1 unspecified atom stereocenters. The van der Waals surface area contributed by atoms with Crippen LogP contribution < -0.4 is 0 Å². The number of nitrogens with zero attached hydrogens (tertiary/aromatic N) is 3. The third-order valence-electron chi connectivity index (χ3n) is 3.08. The van der Waals surface area contributed by atoms with E-state index in [-0.39, 0.29) is 6.23 Å². The molecule has 3 heterocycles. The van der Waals surface area contributed by atoms with Crippen LogP contribution >= 0.6 is 0 Å². The highest BCUT2D eigenvalue weighted by atomic mass is 16.5. The maximum Gasteiger partial charge on any atom is 0.160 e. The number of fused-ring (bicyclic) bond motifs is 1. The molecule has 0 N–H and O–H groups in total. The van der Waals surface area contributed by atoms with Crippen molar-refractivity contribution >= 4 is 11.0 Å². The van der Waals surface area contributed by atoms with Gasteiger partial charge in [0.2, 0.25) is 0 Å². The number of hydrogen-bond donors (Lipinski definition) is 0. The summed E-state index contributed by atoms with van der Waals surface area (Å²) >= 11 is 0. The van der Waals surface area contributed by atoms with Gasteiger partial charge in [-0.05, 0) is 38.3 Å². The molecule has 4 heteroatoms. The second kappa shape index (κ2) is 5.96. The zero-order chi connectivity index (χ0) is 13.0. The van der Waals surface area contributed by atoms with Gasteiger partial charge in [0.15, 0.2) is 11.9 Å². The Bertz CT molecular complexity index is 501. The normalized spacial score (nSPS) is 19.4. The van der Waals surface area contributed by atoms with Crippen LogP contribution in [0.4, 0.5) is 0 Å². The summed E-state index contributed by atoms with van der Waals surface area (Å²) in [6, 6.07) is 4.01. The fourth-order valence-corrected chi connectivity index (χ4v) is 2.24. The molecule has 1 saturated heterocycles. The van der Waals surface area contributed by atoms with E-state index in [1.54, 1.807) is 0 Å². The third kappa shape index (κ3) is 2.38. The van der Waals surface area contributed by atoms with Crippen molar-refractivity contribution < 1.29 is 4.74 Å². The van der Waals surface area contributed by atoms with Crippen molar-refractivity contribution in [2.45, 2.75) is 46.3 Å². The molecule has 0 aromatic carbocycles. The quantitative estimate of drug-likeness (QED) is 0.774. The van der Waals surface area contributed by atoms with Gasteiger partial charge < -0.3 is 4.74 Å². The Balaban J connectivity index is 0.000000574. The van der Waals surface area contributed by atoms with E-state index < -0.39 is 0 Å². The first kappa shape index (κ1) is 13.0. The first-order chi connectivity index (χ1) is 8.86. The molecule has 3 rings (SSSR count). The summed E-state index contributed by atoms with van der Waals surface area (Å²) in [5.74, 6) is 0. The zero-order valence-electron chi connectivity index (χ0n) is 11.4. The van der Waals surface area contributed by atoms with E-state index in [0.29, 0.717) is 0 Å². The molecule has 98 valence electrons. The van der Waals surface area contributed by atoms with E-state index in [9.17, 15) is 0 Å². The molecule has 18 heavy (non-hydrogen) atoms. The highest BCUT2D eigenvalue weighted by Gasteiger charge is 2.20. The second-order valence-corrected chi connectivity index (χ2v) is 4.23. The molecule has 4 nitrogen and oxygen atoms in total. The Morgan fingerprint density at radius 3 is 2.89 bits per heavy atom. The van der Waals surface area contributed by atoms with E-state index in [2.05, 4.69) is 16.1 Å². The van der Waals surface area contributed by atoms with E-state index in [1.165, 1.54) is 6.42 Å². The number of hydrogen-bond acceptors (Lipinski definition) is 3. The number of ether oxygens (including phenoxy) is 1. The molecule has 0 amide bonds. The van der Waals surface area contributed by atoms with Gasteiger partial charge in [0.05, 0.1) is 5.69 Å². The Kier molecular flexibility index (Phi) is 4.31. The van der Waals surface area contributed by atoms with Gasteiger partial charge in [0.1, 0.15) is 0 Å². The molecule has 1 aliphatic heterocycles. The van der Waals surface area contributed by atoms with Crippen molar-refractivity contribution in [1.29, 1.82) is 0 Å². The van der Waals surface area contributed by atoms with Gasteiger partial charge in [0.25, 0.3) is 0 Å². The molecule has 2 aromatic rings. The van der Waals surface area contributed by atoms with E-state index in [4.69, 9.17) is 4.74 Å². The summed E-state index contributed by atoms with van der Waals surface area (Å²) in [7, 11) is 0. The van der Waals surface area contributed by atoms with Gasteiger partial charge in [0, 0.05) is 18.2 Å². The average Bonchev–Trinajstić information content (AvgIpc) is 2.80. The maximum atomic E-state index is 5.75. The molecule has 0 radical (unpaired) electrons. The smallest absolute Gasteiger partial charge is 0.160 e. The number of aryl methyl sites for hydroxylation is 1. The van der Waals surface area contributed by atoms with Crippen LogP contribution in [0.1, 0.15) is 45.0 Å². The van der Waals surface area contributed by atoms with Crippen LogP contribution in [0.15, 0.2) is 18.3 Å². The highest BCUT2D eigenvalue weighted by Crippen LogP contribution is 2.26. The first-order valence-electron chi connectivity index (χ1n) is 6.78. The fraction of sp³-hybridized carbons (Fsp3) is 0.571. The fourth-order valence-electron chi connectivity index (χ4n) is 2.24. The summed E-state index contributed by atoms with van der Waals surface area (Å²) in [5.41, 5.74) is 1.96. The monoisotopic (exact) mass is 247 g/mol. The zero-order valence-corrected chi connectivity index (χ0v) is 11.4. The van der Waals surface area contributed by atoms with Crippen LogP contribution in [-0.4, -0.2) is 21.4 Å². The summed E-state index contributed by atoms with van der Waals surface area (Å²) in [6.07, 6.45) is 5.27. The molecule has 1 atom stereocenters. The average molecular weight is 247 g/mol. The lowest BCUT2D eigenvalue weighted by molar-refractivity contribution is -0.0371. The minimum Gasteiger partial charge on any atom is -0.356 e. The Morgan fingerprint density at radius 2 is 2.17 bits per heavy atom. The highest BCUT2D eigenvalue weighted by molar-refractivity contribution is 5.77. The number of rotatable bonds is 1. The van der Waals surface area contributed by atoms with Gasteiger partial charge in [-0.2, -0.15) is 5.10 Å². The van der Waals surface area contributed by atoms with Gasteiger partial charge in [-0.3, -0.25) is 0 Å². The van der Waals surface area contributed by atoms with Crippen molar-refractivity contribution in [3.8, 4) is 0 Å². The molecule has 0 spiro atoms. The van der Waals surface area contributed by atoms with Crippen LogP contribution in [0.3, 0.4) is 0 Å². The summed E-state index contributed by atoms with van der Waals surface area (Å²) in [6.45, 7) is 6.85. The lowest BCUT2D eigenvalue weighted by atomic mass is 10.2. The van der Waals surface area contributed by atoms with Crippen molar-refractivity contribution in [2.75, 3.05) is 6.61 Å². The van der Waals surface area contributed by atoms with Crippen LogP contribution in [0.5, 0.6) is 0 Å². The van der Waals surface area contributed by atoms with Gasteiger partial charge in [-0.25, -0.2) is 9.67 Å². The SMILES string of the molecule is CC.Cc1nn(C2CCCCO2)c2ncccc12. The van der Waals surface area contributed by atoms with Crippen molar-refractivity contribution in [1.82, 2.24) is 14.8 Å². The summed E-state index contributed by atoms with van der Waals surface area (Å²) < 4.78 is 7.68. The molecule has 0 saturated carbocycles. The van der Waals surface area contributed by atoms with Crippen LogP contribution in [0.2, 0.25) is 0 Å². The van der Waals surface area contributed by atoms with E-state index in [1.807, 2.05) is 37.7 Å². The van der Waals surface area contributed by atoms with Crippen molar-refractivity contribution in [3.63, 3.8) is 0 Å². The number of aromatic nitrogens is 3. The molecule has 2 aromatic heterocycles. The lowest BCUT2D eigenvalue weighted by Gasteiger charge is -2.22. The van der Waals surface area contributed by atoms with Crippen LogP contribution in [-0.2, 0) is 4.74 Å². The molecular weight excluding hydrogens is 226 g/mol. The topological polar surface area (TPSA) is 39.9 Å². The molecule has 1 aliphatic rings. The van der Waals surface area contributed by atoms with Gasteiger partial charge >= 0.3 is 0 Å². The first-order valence-corrected chi connectivity index (χ1v) is 6.78. The molecule has 1 fully saturated rings. The van der Waals surface area contributed by atoms with Crippen LogP contribution in [0, 0.1) is 6.92 Å². The Morgan fingerprint density at radius 1 is 1.33 bits per heavy atom. The summed E-state index contributed by atoms with van der Waals surface area (Å²) in [5, 5.41) is 5.66. The number of pyridine rings is 1. The second-order valence-electron chi connectivity index (χ2n) is 4.23. The van der Waals surface area contributed by atoms with Gasteiger partial charge in [-0.1, -0.05) is 13.8 Å². The Hall–Kier alpha value is -1.42. The predicted molar refractivity (Wildman–Crippen MR) is 72.5 cm³/mol. The standard InChI is InChI=1S/C12H15N3O.C2H6/c1-9-10-5-4-7-13-12(10)15(14-9)11-6-2-3-8-16-11;1-2/h4-5,7,11H,2-3,6,8H2,1H3;1-2H3. The summed E-state index contributed by atoms with van der Waals surface area (Å²) in [4.78, 5) is 4.40. The predicted octanol–water partition coefficient (Wildman–Crippen LogP) is 3.47. The molecule has 0 bridgehead atoms. The minimum absolute atomic E-state index is 0.0693. The largest absolute Gasteiger partial charge is 0.356 e. The third-order valence-corrected chi connectivity index (χ3v) is 3.08. The van der Waals surface area contributed by atoms with Crippen LogP contribution in [0.25, 0.3) is 11.0 Å². The van der Waals surface area contributed by atoms with Crippen molar-refractivity contribution in [3.05, 3.63) is 24.0 Å². The molecule has 0 aliphatic carbocycles. The van der Waals surface area contributed by atoms with E-state index in [0.717, 1.165) is 36.2 Å². The van der Waals surface area contributed by atoms with Crippen molar-refractivity contribution in [2.24, 2.45) is 0 Å².